The molecule has 27 heavy (non-hydrogen) atoms. The molecule has 1 N–H and O–H groups in total. The van der Waals surface area contributed by atoms with Crippen LogP contribution in [0.3, 0.4) is 0 Å². The summed E-state index contributed by atoms with van der Waals surface area (Å²) in [7, 11) is 0. The van der Waals surface area contributed by atoms with Crippen molar-refractivity contribution in [3.05, 3.63) is 76.4 Å². The Morgan fingerprint density at radius 2 is 1.74 bits per heavy atom. The molecule has 0 unspecified atom stereocenters. The third-order valence-corrected chi connectivity index (χ3v) is 4.55. The third kappa shape index (κ3) is 3.01. The van der Waals surface area contributed by atoms with Crippen molar-refractivity contribution in [2.75, 3.05) is 0 Å². The monoisotopic (exact) mass is 360 g/mol. The highest BCUT2D eigenvalue weighted by molar-refractivity contribution is 5.84. The van der Waals surface area contributed by atoms with Crippen molar-refractivity contribution >= 4 is 10.8 Å². The highest BCUT2D eigenvalue weighted by Crippen LogP contribution is 2.28. The van der Waals surface area contributed by atoms with Gasteiger partial charge < -0.3 is 0 Å². The fraction of sp³-hybridized carbons (Fsp3) is 0.250. The number of H-pyrrole nitrogens is 1. The second kappa shape index (κ2) is 6.75. The van der Waals surface area contributed by atoms with Crippen molar-refractivity contribution in [3.8, 4) is 5.82 Å². The van der Waals surface area contributed by atoms with E-state index in [0.717, 1.165) is 22.7 Å². The molecule has 0 spiro atoms. The van der Waals surface area contributed by atoms with Crippen molar-refractivity contribution in [2.24, 2.45) is 0 Å². The van der Waals surface area contributed by atoms with Crippen molar-refractivity contribution in [1.29, 1.82) is 0 Å². The molecule has 7 heteroatoms. The van der Waals surface area contributed by atoms with E-state index in [2.05, 4.69) is 34.1 Å². The first kappa shape index (κ1) is 17.1. The maximum atomic E-state index is 12.1. The molecule has 0 radical (unpaired) electrons. The van der Waals surface area contributed by atoms with Gasteiger partial charge >= 0.3 is 0 Å². The van der Waals surface area contributed by atoms with Crippen molar-refractivity contribution in [3.63, 3.8) is 0 Å². The van der Waals surface area contributed by atoms with E-state index in [4.69, 9.17) is 4.98 Å². The molecule has 0 aliphatic heterocycles. The summed E-state index contributed by atoms with van der Waals surface area (Å²) in [6.45, 7) is 6.13. The van der Waals surface area contributed by atoms with Gasteiger partial charge in [0.25, 0.3) is 5.56 Å². The van der Waals surface area contributed by atoms with Gasteiger partial charge in [-0.2, -0.15) is 9.78 Å². The number of aromatic amines is 1. The molecule has 0 saturated carbocycles. The van der Waals surface area contributed by atoms with E-state index in [-0.39, 0.29) is 17.4 Å². The number of nitrogens with zero attached hydrogens (tertiary/aromatic N) is 5. The van der Waals surface area contributed by atoms with Crippen LogP contribution in [-0.2, 0) is 0 Å². The Balaban J connectivity index is 1.91. The van der Waals surface area contributed by atoms with Gasteiger partial charge in [-0.3, -0.25) is 4.79 Å². The average molecular weight is 360 g/mol. The number of aromatic nitrogens is 6. The lowest BCUT2D eigenvalue weighted by Crippen LogP contribution is -2.15. The first-order valence-corrected chi connectivity index (χ1v) is 8.92. The summed E-state index contributed by atoms with van der Waals surface area (Å²) >= 11 is 0. The standard InChI is InChI=1S/C20H20N6O/c1-12(2)18-22-19(26(25-18)16-10-6-7-11-21-16)13(3)17-14-8-4-5-9-15(14)20(27)24-23-17/h4-13H,1-3H3,(H,24,27)/t13-/m1/s1. The van der Waals surface area contributed by atoms with Crippen LogP contribution < -0.4 is 5.56 Å². The summed E-state index contributed by atoms with van der Waals surface area (Å²) in [6, 6.07) is 13.1. The van der Waals surface area contributed by atoms with Gasteiger partial charge in [0.05, 0.1) is 17.0 Å². The number of hydrogen-bond donors (Lipinski definition) is 1. The van der Waals surface area contributed by atoms with Crippen molar-refractivity contribution < 1.29 is 0 Å². The van der Waals surface area contributed by atoms with Gasteiger partial charge in [-0.25, -0.2) is 15.1 Å². The van der Waals surface area contributed by atoms with Crippen LogP contribution in [0.1, 0.15) is 49.9 Å². The van der Waals surface area contributed by atoms with E-state index in [1.807, 2.05) is 43.3 Å². The quantitative estimate of drug-likeness (QED) is 0.604. The van der Waals surface area contributed by atoms with Crippen LogP contribution in [0.2, 0.25) is 0 Å². The molecule has 4 rings (SSSR count). The molecule has 0 amide bonds. The van der Waals surface area contributed by atoms with Gasteiger partial charge in [-0.15, -0.1) is 5.10 Å². The van der Waals surface area contributed by atoms with Gasteiger partial charge in [0.15, 0.2) is 11.6 Å². The lowest BCUT2D eigenvalue weighted by atomic mass is 10.0. The summed E-state index contributed by atoms with van der Waals surface area (Å²) in [5, 5.41) is 13.0. The zero-order chi connectivity index (χ0) is 19.0. The first-order valence-electron chi connectivity index (χ1n) is 8.92. The normalized spacial score (nSPS) is 12.6. The van der Waals surface area contributed by atoms with Crippen LogP contribution in [0.25, 0.3) is 16.6 Å². The lowest BCUT2D eigenvalue weighted by molar-refractivity contribution is 0.701. The van der Waals surface area contributed by atoms with E-state index in [0.29, 0.717) is 11.2 Å². The second-order valence-electron chi connectivity index (χ2n) is 6.79. The highest BCUT2D eigenvalue weighted by atomic mass is 16.1. The fourth-order valence-corrected chi connectivity index (χ4v) is 3.10. The van der Waals surface area contributed by atoms with Gasteiger partial charge in [-0.05, 0) is 25.1 Å². The molecular formula is C20H20N6O. The summed E-state index contributed by atoms with van der Waals surface area (Å²) in [5.41, 5.74) is 0.556. The van der Waals surface area contributed by atoms with Crippen LogP contribution in [0, 0.1) is 0 Å². The van der Waals surface area contributed by atoms with E-state index in [9.17, 15) is 4.79 Å². The zero-order valence-electron chi connectivity index (χ0n) is 15.4. The molecule has 1 aromatic carbocycles. The molecule has 3 aromatic heterocycles. The van der Waals surface area contributed by atoms with E-state index >= 15 is 0 Å². The van der Waals surface area contributed by atoms with E-state index < -0.39 is 0 Å². The molecule has 7 nitrogen and oxygen atoms in total. The Morgan fingerprint density at radius 1 is 1.00 bits per heavy atom. The Hall–Kier alpha value is -3.35. The molecule has 0 bridgehead atoms. The minimum atomic E-state index is -0.199. The molecule has 0 saturated heterocycles. The number of hydrogen-bond acceptors (Lipinski definition) is 5. The summed E-state index contributed by atoms with van der Waals surface area (Å²) < 4.78 is 1.77. The largest absolute Gasteiger partial charge is 0.272 e. The number of nitrogens with one attached hydrogen (secondary N) is 1. The smallest absolute Gasteiger partial charge is 0.267 e. The van der Waals surface area contributed by atoms with Crippen molar-refractivity contribution in [2.45, 2.75) is 32.6 Å². The second-order valence-corrected chi connectivity index (χ2v) is 6.79. The molecule has 3 heterocycles. The molecule has 4 aromatic rings. The first-order chi connectivity index (χ1) is 13.1. The summed E-state index contributed by atoms with van der Waals surface area (Å²) in [4.78, 5) is 21.3. The molecule has 0 aliphatic carbocycles. The Kier molecular flexibility index (Phi) is 4.27. The van der Waals surface area contributed by atoms with Crippen LogP contribution in [0.5, 0.6) is 0 Å². The predicted molar refractivity (Wildman–Crippen MR) is 103 cm³/mol. The molecular weight excluding hydrogens is 340 g/mol. The number of fused-ring (bicyclic) bond motifs is 1. The van der Waals surface area contributed by atoms with Crippen LogP contribution in [0.15, 0.2) is 53.5 Å². The maximum absolute atomic E-state index is 12.1. The van der Waals surface area contributed by atoms with Crippen LogP contribution in [-0.4, -0.2) is 29.9 Å². The highest BCUT2D eigenvalue weighted by Gasteiger charge is 2.24. The van der Waals surface area contributed by atoms with E-state index in [1.54, 1.807) is 16.9 Å². The molecule has 1 atom stereocenters. The fourth-order valence-electron chi connectivity index (χ4n) is 3.10. The average Bonchev–Trinajstić information content (AvgIpc) is 3.15. The maximum Gasteiger partial charge on any atom is 0.272 e. The van der Waals surface area contributed by atoms with Gasteiger partial charge in [0.2, 0.25) is 0 Å². The SMILES string of the molecule is CC(C)c1nc([C@H](C)c2n[nH]c(=O)c3ccccc23)n(-c2ccccn2)n1. The topological polar surface area (TPSA) is 89.4 Å². The van der Waals surface area contributed by atoms with Crippen LogP contribution >= 0.6 is 0 Å². The number of benzene rings is 1. The third-order valence-electron chi connectivity index (χ3n) is 4.55. The summed E-state index contributed by atoms with van der Waals surface area (Å²) in [5.74, 6) is 2.18. The van der Waals surface area contributed by atoms with Gasteiger partial charge in [0, 0.05) is 17.5 Å². The number of pyridine rings is 1. The van der Waals surface area contributed by atoms with Crippen molar-refractivity contribution in [1.82, 2.24) is 29.9 Å². The summed E-state index contributed by atoms with van der Waals surface area (Å²) in [6.07, 6.45) is 1.73. The van der Waals surface area contributed by atoms with Gasteiger partial charge in [0.1, 0.15) is 5.82 Å². The minimum absolute atomic E-state index is 0.182. The van der Waals surface area contributed by atoms with E-state index in [1.165, 1.54) is 0 Å². The number of rotatable bonds is 4. The Morgan fingerprint density at radius 3 is 2.44 bits per heavy atom. The molecule has 0 fully saturated rings. The lowest BCUT2D eigenvalue weighted by Gasteiger charge is -2.13. The molecule has 0 aliphatic rings. The Labute approximate surface area is 156 Å². The molecule has 136 valence electrons. The Bertz CT molecular complexity index is 1150. The van der Waals surface area contributed by atoms with Gasteiger partial charge in [-0.1, -0.05) is 38.1 Å². The predicted octanol–water partition coefficient (Wildman–Crippen LogP) is 3.17. The van der Waals surface area contributed by atoms with Crippen LogP contribution in [0.4, 0.5) is 0 Å². The zero-order valence-corrected chi connectivity index (χ0v) is 15.4. The minimum Gasteiger partial charge on any atom is -0.267 e.